The average Bonchev–Trinajstić information content (AvgIpc) is 3.19. The van der Waals surface area contributed by atoms with Crippen molar-refractivity contribution in [1.29, 1.82) is 0 Å². The molecule has 0 aliphatic heterocycles. The SMILES string of the molecule is CCCCN(Cc1cccn1Cc1cccc(OC)c1)C(=O)c1ccc(Cl)c(Cl)c1. The van der Waals surface area contributed by atoms with E-state index in [-0.39, 0.29) is 5.91 Å². The lowest BCUT2D eigenvalue weighted by atomic mass is 10.1. The molecule has 1 heterocycles. The zero-order chi connectivity index (χ0) is 21.5. The van der Waals surface area contributed by atoms with Crippen molar-refractivity contribution < 1.29 is 9.53 Å². The van der Waals surface area contributed by atoms with Crippen molar-refractivity contribution >= 4 is 29.1 Å². The highest BCUT2D eigenvalue weighted by Crippen LogP contribution is 2.24. The van der Waals surface area contributed by atoms with E-state index in [1.165, 1.54) is 0 Å². The van der Waals surface area contributed by atoms with Crippen molar-refractivity contribution in [2.75, 3.05) is 13.7 Å². The molecule has 0 fully saturated rings. The Balaban J connectivity index is 1.80. The van der Waals surface area contributed by atoms with Gasteiger partial charge < -0.3 is 14.2 Å². The van der Waals surface area contributed by atoms with Crippen molar-refractivity contribution in [3.8, 4) is 5.75 Å². The van der Waals surface area contributed by atoms with Crippen LogP contribution >= 0.6 is 23.2 Å². The predicted octanol–water partition coefficient (Wildman–Crippen LogP) is 6.29. The lowest BCUT2D eigenvalue weighted by Crippen LogP contribution is -2.32. The first kappa shape index (κ1) is 22.3. The van der Waals surface area contributed by atoms with E-state index in [4.69, 9.17) is 27.9 Å². The van der Waals surface area contributed by atoms with E-state index in [2.05, 4.69) is 23.6 Å². The number of nitrogens with zero attached hydrogens (tertiary/aromatic N) is 2. The van der Waals surface area contributed by atoms with Gasteiger partial charge in [-0.25, -0.2) is 0 Å². The number of aromatic nitrogens is 1. The van der Waals surface area contributed by atoms with Crippen LogP contribution in [-0.4, -0.2) is 29.0 Å². The Morgan fingerprint density at radius 3 is 2.63 bits per heavy atom. The standard InChI is InChI=1S/C24H26Cl2N2O2/c1-3-4-12-28(24(29)19-10-11-22(25)23(26)15-19)17-20-8-6-13-27(20)16-18-7-5-9-21(14-18)30-2/h5-11,13-15H,3-4,12,16-17H2,1-2H3. The maximum atomic E-state index is 13.2. The van der Waals surface area contributed by atoms with Crippen LogP contribution in [0.5, 0.6) is 5.75 Å². The van der Waals surface area contributed by atoms with Gasteiger partial charge in [-0.05, 0) is 54.4 Å². The van der Waals surface area contributed by atoms with Crippen LogP contribution in [0.25, 0.3) is 0 Å². The molecular formula is C24H26Cl2N2O2. The Bertz CT molecular complexity index is 1000. The van der Waals surface area contributed by atoms with Crippen LogP contribution in [0.1, 0.15) is 41.4 Å². The molecule has 0 bridgehead atoms. The number of halogens is 2. The first-order valence-electron chi connectivity index (χ1n) is 10.0. The second-order valence-electron chi connectivity index (χ2n) is 7.19. The zero-order valence-corrected chi connectivity index (χ0v) is 18.8. The number of hydrogen-bond donors (Lipinski definition) is 0. The molecule has 0 spiro atoms. The monoisotopic (exact) mass is 444 g/mol. The number of rotatable bonds is 9. The van der Waals surface area contributed by atoms with Gasteiger partial charge in [0.15, 0.2) is 0 Å². The molecule has 6 heteroatoms. The molecule has 0 aliphatic rings. The Labute approximate surface area is 188 Å². The molecular weight excluding hydrogens is 419 g/mol. The van der Waals surface area contributed by atoms with E-state index in [1.807, 2.05) is 35.4 Å². The van der Waals surface area contributed by atoms with Gasteiger partial charge in [0, 0.05) is 30.5 Å². The number of amides is 1. The minimum absolute atomic E-state index is 0.0452. The molecule has 2 aromatic carbocycles. The average molecular weight is 445 g/mol. The molecule has 30 heavy (non-hydrogen) atoms. The third-order valence-corrected chi connectivity index (χ3v) is 5.74. The molecule has 4 nitrogen and oxygen atoms in total. The molecule has 1 amide bonds. The molecule has 158 valence electrons. The summed E-state index contributed by atoms with van der Waals surface area (Å²) in [5.41, 5.74) is 2.76. The van der Waals surface area contributed by atoms with Crippen molar-refractivity contribution in [2.45, 2.75) is 32.9 Å². The van der Waals surface area contributed by atoms with Crippen molar-refractivity contribution in [1.82, 2.24) is 9.47 Å². The summed E-state index contributed by atoms with van der Waals surface area (Å²) in [5.74, 6) is 0.789. The van der Waals surface area contributed by atoms with Gasteiger partial charge in [0.1, 0.15) is 5.75 Å². The summed E-state index contributed by atoms with van der Waals surface area (Å²) in [5, 5.41) is 0.833. The molecule has 1 aromatic heterocycles. The van der Waals surface area contributed by atoms with Gasteiger partial charge >= 0.3 is 0 Å². The first-order chi connectivity index (χ1) is 14.5. The number of unbranched alkanes of at least 4 members (excludes halogenated alkanes) is 1. The largest absolute Gasteiger partial charge is 0.497 e. The fraction of sp³-hybridized carbons (Fsp3) is 0.292. The van der Waals surface area contributed by atoms with Crippen LogP contribution in [0, 0.1) is 0 Å². The highest BCUT2D eigenvalue weighted by atomic mass is 35.5. The van der Waals surface area contributed by atoms with E-state index >= 15 is 0 Å². The van der Waals surface area contributed by atoms with E-state index in [9.17, 15) is 4.79 Å². The molecule has 3 aromatic rings. The van der Waals surface area contributed by atoms with Gasteiger partial charge in [-0.3, -0.25) is 4.79 Å². The summed E-state index contributed by atoms with van der Waals surface area (Å²) >= 11 is 12.1. The van der Waals surface area contributed by atoms with E-state index in [1.54, 1.807) is 25.3 Å². The van der Waals surface area contributed by atoms with Crippen LogP contribution in [0.15, 0.2) is 60.8 Å². The lowest BCUT2D eigenvalue weighted by molar-refractivity contribution is 0.0737. The summed E-state index contributed by atoms with van der Waals surface area (Å²) in [4.78, 5) is 15.1. The van der Waals surface area contributed by atoms with Gasteiger partial charge in [-0.2, -0.15) is 0 Å². The Morgan fingerprint density at radius 2 is 1.90 bits per heavy atom. The van der Waals surface area contributed by atoms with Crippen LogP contribution in [0.3, 0.4) is 0 Å². The van der Waals surface area contributed by atoms with Gasteiger partial charge in [0.05, 0.1) is 23.7 Å². The van der Waals surface area contributed by atoms with Crippen molar-refractivity contribution in [3.05, 3.63) is 87.7 Å². The molecule has 0 saturated carbocycles. The number of methoxy groups -OCH3 is 1. The second-order valence-corrected chi connectivity index (χ2v) is 8.00. The van der Waals surface area contributed by atoms with E-state index < -0.39 is 0 Å². The highest BCUT2D eigenvalue weighted by molar-refractivity contribution is 6.42. The number of carbonyl (C=O) groups is 1. The zero-order valence-electron chi connectivity index (χ0n) is 17.3. The number of carbonyl (C=O) groups excluding carboxylic acids is 1. The highest BCUT2D eigenvalue weighted by Gasteiger charge is 2.18. The van der Waals surface area contributed by atoms with Crippen LogP contribution in [-0.2, 0) is 13.1 Å². The van der Waals surface area contributed by atoms with E-state index in [0.29, 0.717) is 35.2 Å². The molecule has 0 unspecified atom stereocenters. The third kappa shape index (κ3) is 5.59. The summed E-state index contributed by atoms with van der Waals surface area (Å²) in [7, 11) is 1.67. The van der Waals surface area contributed by atoms with Gasteiger partial charge in [-0.1, -0.05) is 48.7 Å². The Hall–Kier alpha value is -2.43. The topological polar surface area (TPSA) is 34.5 Å². The number of hydrogen-bond acceptors (Lipinski definition) is 2. The third-order valence-electron chi connectivity index (χ3n) is 5.00. The lowest BCUT2D eigenvalue weighted by Gasteiger charge is -2.24. The van der Waals surface area contributed by atoms with Gasteiger partial charge in [0.25, 0.3) is 5.91 Å². The fourth-order valence-corrected chi connectivity index (χ4v) is 3.62. The second kappa shape index (κ2) is 10.6. The van der Waals surface area contributed by atoms with Gasteiger partial charge in [0.2, 0.25) is 0 Å². The summed E-state index contributed by atoms with van der Waals surface area (Å²) in [6, 6.07) is 17.1. The number of ether oxygens (including phenoxy) is 1. The normalized spacial score (nSPS) is 10.8. The number of benzene rings is 2. The van der Waals surface area contributed by atoms with Crippen LogP contribution < -0.4 is 4.74 Å². The minimum Gasteiger partial charge on any atom is -0.497 e. The van der Waals surface area contributed by atoms with Crippen LogP contribution in [0.4, 0.5) is 0 Å². The smallest absolute Gasteiger partial charge is 0.254 e. The maximum Gasteiger partial charge on any atom is 0.254 e. The van der Waals surface area contributed by atoms with Crippen molar-refractivity contribution in [3.63, 3.8) is 0 Å². The quantitative estimate of drug-likeness (QED) is 0.388. The molecule has 0 aliphatic carbocycles. The molecule has 3 rings (SSSR count). The minimum atomic E-state index is -0.0452. The molecule has 0 radical (unpaired) electrons. The molecule has 0 saturated heterocycles. The molecule has 0 atom stereocenters. The Morgan fingerprint density at radius 1 is 1.07 bits per heavy atom. The first-order valence-corrected chi connectivity index (χ1v) is 10.8. The summed E-state index contributed by atoms with van der Waals surface area (Å²) < 4.78 is 7.49. The maximum absolute atomic E-state index is 13.2. The summed E-state index contributed by atoms with van der Waals surface area (Å²) in [6.45, 7) is 4.03. The van der Waals surface area contributed by atoms with Crippen LogP contribution in [0.2, 0.25) is 10.0 Å². The predicted molar refractivity (Wildman–Crippen MR) is 123 cm³/mol. The Kier molecular flexibility index (Phi) is 7.83. The summed E-state index contributed by atoms with van der Waals surface area (Å²) in [6.07, 6.45) is 3.98. The molecule has 0 N–H and O–H groups in total. The van der Waals surface area contributed by atoms with Crippen molar-refractivity contribution in [2.24, 2.45) is 0 Å². The van der Waals surface area contributed by atoms with E-state index in [0.717, 1.165) is 29.8 Å². The van der Waals surface area contributed by atoms with Gasteiger partial charge in [-0.15, -0.1) is 0 Å². The fourth-order valence-electron chi connectivity index (χ4n) is 3.32.